The van der Waals surface area contributed by atoms with Gasteiger partial charge >= 0.3 is 0 Å². The molecule has 0 amide bonds. The largest absolute Gasteiger partial charge is 0.467 e. The zero-order chi connectivity index (χ0) is 20.2. The average Bonchev–Trinajstić information content (AvgIpc) is 2.98. The number of aromatic nitrogens is 2. The fourth-order valence-corrected chi connectivity index (χ4v) is 3.46. The fourth-order valence-electron chi connectivity index (χ4n) is 2.69. The lowest BCUT2D eigenvalue weighted by Crippen LogP contribution is -2.22. The Morgan fingerprint density at radius 1 is 1.04 bits per heavy atom. The van der Waals surface area contributed by atoms with Crippen LogP contribution in [0.4, 0.5) is 0 Å². The molecule has 0 unspecified atom stereocenters. The molecule has 0 saturated heterocycles. The van der Waals surface area contributed by atoms with Crippen LogP contribution in [-0.4, -0.2) is 36.9 Å². The fraction of sp³-hybridized carbons (Fsp3) is 0.600. The molecule has 2 aromatic rings. The zero-order valence-corrected chi connectivity index (χ0v) is 18.9. The maximum Gasteiger partial charge on any atom is 0.189 e. The normalized spacial score (nSPS) is 12.4. The van der Waals surface area contributed by atoms with Crippen LogP contribution in [0.1, 0.15) is 52.7 Å². The third-order valence-corrected chi connectivity index (χ3v) is 5.18. The van der Waals surface area contributed by atoms with Crippen molar-refractivity contribution in [2.45, 2.75) is 52.4 Å². The van der Waals surface area contributed by atoms with E-state index < -0.39 is 0 Å². The molecule has 7 heteroatoms. The minimum absolute atomic E-state index is 0.115. The molecule has 0 spiro atoms. The minimum atomic E-state index is -0.115. The molecule has 1 aromatic carbocycles. The molecule has 5 nitrogen and oxygen atoms in total. The quantitative estimate of drug-likeness (QED) is 0.354. The summed E-state index contributed by atoms with van der Waals surface area (Å²) in [5.41, 5.74) is 4.71. The van der Waals surface area contributed by atoms with E-state index in [9.17, 15) is 0 Å². The monoisotopic (exact) mass is 410 g/mol. The summed E-state index contributed by atoms with van der Waals surface area (Å²) >= 11 is 6.90. The molecule has 0 aliphatic carbocycles. The summed E-state index contributed by atoms with van der Waals surface area (Å²) in [5.74, 6) is 0.873. The van der Waals surface area contributed by atoms with Gasteiger partial charge in [0.2, 0.25) is 0 Å². The lowest BCUT2D eigenvalue weighted by Gasteiger charge is -2.30. The third-order valence-electron chi connectivity index (χ3n) is 4.14. The van der Waals surface area contributed by atoms with Crippen molar-refractivity contribution in [2.75, 3.05) is 27.1 Å². The Labute approximate surface area is 171 Å². The number of nitrogens with zero attached hydrogens (tertiary/aromatic N) is 2. The van der Waals surface area contributed by atoms with Crippen LogP contribution in [0.3, 0.4) is 0 Å². The molecule has 0 fully saturated rings. The standard InChI is InChI=1S/C20H30N2O3S2/c1-19(2,3)15-10-14(22-18(26)27-12-21-22)11-16(20(4,5)6)17(15)25-13-24-9-8-23-7/h10-12H,8-9,13H2,1-7H3. The van der Waals surface area contributed by atoms with E-state index in [1.807, 2.05) is 4.68 Å². The van der Waals surface area contributed by atoms with E-state index >= 15 is 0 Å². The van der Waals surface area contributed by atoms with Crippen LogP contribution in [0.2, 0.25) is 0 Å². The average molecular weight is 411 g/mol. The van der Waals surface area contributed by atoms with Crippen molar-refractivity contribution in [3.63, 3.8) is 0 Å². The SMILES string of the molecule is COCCOCOc1c(C(C)(C)C)cc(-n2ncsc2=S)cc1C(C)(C)C. The summed E-state index contributed by atoms with van der Waals surface area (Å²) < 4.78 is 19.3. The Morgan fingerprint density at radius 3 is 2.07 bits per heavy atom. The summed E-state index contributed by atoms with van der Waals surface area (Å²) in [7, 11) is 1.65. The van der Waals surface area contributed by atoms with Crippen molar-refractivity contribution in [1.29, 1.82) is 0 Å². The van der Waals surface area contributed by atoms with E-state index in [1.54, 1.807) is 12.6 Å². The molecule has 1 heterocycles. The molecule has 0 radical (unpaired) electrons. The Hall–Kier alpha value is -1.28. The van der Waals surface area contributed by atoms with Crippen molar-refractivity contribution in [2.24, 2.45) is 0 Å². The van der Waals surface area contributed by atoms with Gasteiger partial charge in [-0.3, -0.25) is 0 Å². The first-order valence-corrected chi connectivity index (χ1v) is 10.3. The molecule has 2 rings (SSSR count). The van der Waals surface area contributed by atoms with Gasteiger partial charge in [-0.15, -0.1) is 0 Å². The van der Waals surface area contributed by atoms with Gasteiger partial charge in [-0.25, -0.2) is 4.68 Å². The zero-order valence-electron chi connectivity index (χ0n) is 17.3. The molecule has 0 N–H and O–H groups in total. The van der Waals surface area contributed by atoms with Crippen LogP contribution in [0.25, 0.3) is 5.69 Å². The van der Waals surface area contributed by atoms with Gasteiger partial charge in [-0.05, 0) is 35.2 Å². The molecule has 0 aliphatic rings. The van der Waals surface area contributed by atoms with E-state index in [1.165, 1.54) is 11.3 Å². The van der Waals surface area contributed by atoms with Gasteiger partial charge in [0, 0.05) is 18.2 Å². The van der Waals surface area contributed by atoms with Crippen LogP contribution in [-0.2, 0) is 20.3 Å². The van der Waals surface area contributed by atoms with E-state index in [0.717, 1.165) is 26.5 Å². The Balaban J connectivity index is 2.55. The van der Waals surface area contributed by atoms with Gasteiger partial charge in [-0.1, -0.05) is 52.9 Å². The predicted molar refractivity (Wildman–Crippen MR) is 113 cm³/mol. The van der Waals surface area contributed by atoms with Crippen molar-refractivity contribution in [3.8, 4) is 11.4 Å². The smallest absolute Gasteiger partial charge is 0.189 e. The van der Waals surface area contributed by atoms with Gasteiger partial charge in [0.15, 0.2) is 10.7 Å². The van der Waals surface area contributed by atoms with Crippen molar-refractivity contribution < 1.29 is 14.2 Å². The Morgan fingerprint density at radius 2 is 1.63 bits per heavy atom. The van der Waals surface area contributed by atoms with Crippen molar-refractivity contribution in [3.05, 3.63) is 32.7 Å². The molecule has 1 aromatic heterocycles. The Kier molecular flexibility index (Phi) is 7.19. The molecule has 0 atom stereocenters. The van der Waals surface area contributed by atoms with Crippen LogP contribution in [0.15, 0.2) is 17.6 Å². The van der Waals surface area contributed by atoms with Crippen LogP contribution in [0.5, 0.6) is 5.75 Å². The van der Waals surface area contributed by atoms with Crippen LogP contribution >= 0.6 is 23.6 Å². The molecule has 0 aliphatic heterocycles. The summed E-state index contributed by atoms with van der Waals surface area (Å²) in [6.45, 7) is 14.3. The molecule has 0 saturated carbocycles. The van der Waals surface area contributed by atoms with E-state index in [4.69, 9.17) is 26.4 Å². The van der Waals surface area contributed by atoms with Gasteiger partial charge < -0.3 is 14.2 Å². The number of benzene rings is 1. The first kappa shape index (κ1) is 22.0. The summed E-state index contributed by atoms with van der Waals surface area (Å²) in [6, 6.07) is 4.24. The van der Waals surface area contributed by atoms with Crippen LogP contribution in [0, 0.1) is 3.95 Å². The second kappa shape index (κ2) is 8.82. The van der Waals surface area contributed by atoms with Gasteiger partial charge in [-0.2, -0.15) is 5.10 Å². The first-order valence-electron chi connectivity index (χ1n) is 8.97. The lowest BCUT2D eigenvalue weighted by atomic mass is 9.79. The summed E-state index contributed by atoms with van der Waals surface area (Å²) in [6.07, 6.45) is 0. The highest BCUT2D eigenvalue weighted by molar-refractivity contribution is 7.73. The highest BCUT2D eigenvalue weighted by Gasteiger charge is 2.28. The maximum atomic E-state index is 6.14. The lowest BCUT2D eigenvalue weighted by molar-refractivity contribution is -0.00992. The van der Waals surface area contributed by atoms with Gasteiger partial charge in [0.05, 0.1) is 18.9 Å². The molecular weight excluding hydrogens is 380 g/mol. The highest BCUT2D eigenvalue weighted by atomic mass is 32.1. The first-order chi connectivity index (χ1) is 12.6. The number of rotatable bonds is 7. The maximum absolute atomic E-state index is 6.14. The number of hydrogen-bond acceptors (Lipinski definition) is 6. The molecule has 27 heavy (non-hydrogen) atoms. The van der Waals surface area contributed by atoms with Gasteiger partial charge in [0.1, 0.15) is 11.3 Å². The van der Waals surface area contributed by atoms with Crippen LogP contribution < -0.4 is 4.74 Å². The second-order valence-electron chi connectivity index (χ2n) is 8.45. The number of hydrogen-bond donors (Lipinski definition) is 0. The summed E-state index contributed by atoms with van der Waals surface area (Å²) in [5, 5.41) is 4.41. The predicted octanol–water partition coefficient (Wildman–Crippen LogP) is 5.26. The second-order valence-corrected chi connectivity index (χ2v) is 9.93. The molecule has 0 bridgehead atoms. The van der Waals surface area contributed by atoms with E-state index in [0.29, 0.717) is 13.2 Å². The molecular formula is C20H30N2O3S2. The van der Waals surface area contributed by atoms with Crippen molar-refractivity contribution >= 4 is 23.6 Å². The number of methoxy groups -OCH3 is 1. The van der Waals surface area contributed by atoms with E-state index in [-0.39, 0.29) is 17.6 Å². The number of ether oxygens (including phenoxy) is 3. The molecule has 150 valence electrons. The minimum Gasteiger partial charge on any atom is -0.467 e. The highest BCUT2D eigenvalue weighted by Crippen LogP contribution is 2.41. The van der Waals surface area contributed by atoms with E-state index in [2.05, 4.69) is 58.8 Å². The van der Waals surface area contributed by atoms with Gasteiger partial charge in [0.25, 0.3) is 0 Å². The Bertz CT molecular complexity index is 779. The van der Waals surface area contributed by atoms with Crippen molar-refractivity contribution in [1.82, 2.24) is 9.78 Å². The summed E-state index contributed by atoms with van der Waals surface area (Å²) in [4.78, 5) is 0. The third kappa shape index (κ3) is 5.60. The topological polar surface area (TPSA) is 45.5 Å².